The third-order valence-electron chi connectivity index (χ3n) is 8.01. The second kappa shape index (κ2) is 14.1. The maximum absolute atomic E-state index is 14.7. The molecule has 0 radical (unpaired) electrons. The Morgan fingerprint density at radius 3 is 2.05 bits per heavy atom. The number of nitrogen functional groups attached to an aromatic ring is 1. The van der Waals surface area contributed by atoms with Crippen LogP contribution in [0.4, 0.5) is 4.79 Å². The van der Waals surface area contributed by atoms with Crippen LogP contribution in [0.5, 0.6) is 0 Å². The van der Waals surface area contributed by atoms with Gasteiger partial charge in [0.05, 0.1) is 9.79 Å². The van der Waals surface area contributed by atoms with E-state index in [1.807, 2.05) is 33.8 Å². The Balaban J connectivity index is 2.31. The van der Waals surface area contributed by atoms with Crippen molar-refractivity contribution in [1.82, 2.24) is 10.2 Å². The van der Waals surface area contributed by atoms with Crippen molar-refractivity contribution < 1.29 is 27.9 Å². The molecule has 3 rings (SSSR count). The third kappa shape index (κ3) is 7.41. The summed E-state index contributed by atoms with van der Waals surface area (Å²) in [6.07, 6.45) is -1.85. The highest BCUT2D eigenvalue weighted by atomic mass is 32.2. The maximum atomic E-state index is 14.7. The number of nitrogens with two attached hydrogens (primary N) is 2. The van der Waals surface area contributed by atoms with Crippen LogP contribution in [0.15, 0.2) is 34.1 Å². The van der Waals surface area contributed by atoms with Crippen LogP contribution in [0.1, 0.15) is 106 Å². The topological polar surface area (TPSA) is 189 Å². The minimum absolute atomic E-state index is 0.0416. The SMILES string of the molecule is CC(C)c1ccc(S(=O)(=O)c2cc(C(C)OC(=O)N3CCNCC3)c(C(=N)N)cc2C[C@H](N)C(=O)O)c(C(C)C)c1C(C)C. The van der Waals surface area contributed by atoms with Gasteiger partial charge >= 0.3 is 12.1 Å². The zero-order chi connectivity index (χ0) is 33.1. The minimum atomic E-state index is -4.28. The fraction of sp³-hybridized carbons (Fsp3) is 0.531. The summed E-state index contributed by atoms with van der Waals surface area (Å²) in [5.74, 6) is -1.62. The molecule has 12 heteroatoms. The van der Waals surface area contributed by atoms with Crippen LogP contribution in [-0.4, -0.2) is 68.5 Å². The number of hydrogen-bond acceptors (Lipinski definition) is 8. The van der Waals surface area contributed by atoms with Crippen LogP contribution in [0.2, 0.25) is 0 Å². The Hall–Kier alpha value is -3.48. The Bertz CT molecular complexity index is 1510. The number of amidine groups is 1. The van der Waals surface area contributed by atoms with Crippen molar-refractivity contribution in [2.45, 2.75) is 94.6 Å². The predicted molar refractivity (Wildman–Crippen MR) is 170 cm³/mol. The van der Waals surface area contributed by atoms with Gasteiger partial charge in [-0.15, -0.1) is 0 Å². The molecule has 2 aromatic carbocycles. The van der Waals surface area contributed by atoms with E-state index in [0.29, 0.717) is 31.7 Å². The van der Waals surface area contributed by atoms with Crippen LogP contribution in [0, 0.1) is 5.41 Å². The first kappa shape index (κ1) is 35.0. The lowest BCUT2D eigenvalue weighted by Gasteiger charge is -2.29. The number of amides is 1. The molecule has 1 amide bonds. The molecule has 1 fully saturated rings. The average Bonchev–Trinajstić information content (AvgIpc) is 2.95. The van der Waals surface area contributed by atoms with Crippen LogP contribution in [0.25, 0.3) is 0 Å². The van der Waals surface area contributed by atoms with Gasteiger partial charge in [0, 0.05) is 37.3 Å². The summed E-state index contributed by atoms with van der Waals surface area (Å²) in [5.41, 5.74) is 15.1. The van der Waals surface area contributed by atoms with Crippen LogP contribution < -0.4 is 16.8 Å². The van der Waals surface area contributed by atoms with E-state index in [2.05, 4.69) is 19.2 Å². The van der Waals surface area contributed by atoms with Gasteiger partial charge in [-0.05, 0) is 71.6 Å². The highest BCUT2D eigenvalue weighted by molar-refractivity contribution is 7.91. The van der Waals surface area contributed by atoms with Crippen molar-refractivity contribution in [1.29, 1.82) is 5.41 Å². The Morgan fingerprint density at radius 2 is 1.55 bits per heavy atom. The normalized spacial score (nSPS) is 15.5. The van der Waals surface area contributed by atoms with Crippen molar-refractivity contribution in [3.05, 3.63) is 57.6 Å². The van der Waals surface area contributed by atoms with Gasteiger partial charge in [-0.1, -0.05) is 47.6 Å². The molecule has 0 bridgehead atoms. The molecule has 2 atom stereocenters. The molecule has 1 aliphatic rings. The molecule has 0 spiro atoms. The molecule has 2 aromatic rings. The fourth-order valence-electron chi connectivity index (χ4n) is 5.81. The molecular weight excluding hydrogens is 582 g/mol. The van der Waals surface area contributed by atoms with Crippen LogP contribution in [-0.2, 0) is 25.8 Å². The van der Waals surface area contributed by atoms with E-state index < -0.39 is 34.0 Å². The fourth-order valence-corrected chi connectivity index (χ4v) is 7.70. The first-order valence-electron chi connectivity index (χ1n) is 15.1. The highest BCUT2D eigenvalue weighted by Crippen LogP contribution is 2.41. The van der Waals surface area contributed by atoms with Crippen molar-refractivity contribution >= 4 is 27.7 Å². The van der Waals surface area contributed by atoms with Crippen molar-refractivity contribution in [3.63, 3.8) is 0 Å². The molecule has 1 heterocycles. The highest BCUT2D eigenvalue weighted by Gasteiger charge is 2.33. The number of hydrogen-bond donors (Lipinski definition) is 5. The van der Waals surface area contributed by atoms with Gasteiger partial charge in [0.1, 0.15) is 18.0 Å². The van der Waals surface area contributed by atoms with E-state index in [4.69, 9.17) is 21.6 Å². The van der Waals surface area contributed by atoms with Crippen molar-refractivity contribution in [2.24, 2.45) is 11.5 Å². The molecular formula is C32H47N5O6S. The van der Waals surface area contributed by atoms with Crippen molar-refractivity contribution in [2.75, 3.05) is 26.2 Å². The third-order valence-corrected chi connectivity index (χ3v) is 9.90. The summed E-state index contributed by atoms with van der Waals surface area (Å²) in [5, 5.41) is 21.0. The molecule has 0 aliphatic carbocycles. The first-order chi connectivity index (χ1) is 20.5. The lowest BCUT2D eigenvalue weighted by molar-refractivity contribution is -0.138. The van der Waals surface area contributed by atoms with E-state index in [0.717, 1.165) is 11.1 Å². The van der Waals surface area contributed by atoms with Gasteiger partial charge in [0.2, 0.25) is 9.84 Å². The Morgan fingerprint density at radius 1 is 0.955 bits per heavy atom. The number of aliphatic carboxylic acids is 1. The van der Waals surface area contributed by atoms with Gasteiger partial charge in [-0.2, -0.15) is 0 Å². The van der Waals surface area contributed by atoms with Gasteiger partial charge in [0.25, 0.3) is 0 Å². The summed E-state index contributed by atoms with van der Waals surface area (Å²) >= 11 is 0. The second-order valence-electron chi connectivity index (χ2n) is 12.3. The standard InChI is InChI=1S/C32H47N5O6S/c1-17(2)22-8-9-26(29(19(5)6)28(22)18(3)4)44(41,42)27-16-23(20(7)43-32(40)37-12-10-36-11-13-37)24(30(34)35)14-21(27)15-25(33)31(38)39/h8-9,14,16-20,25,36H,10-13,15,33H2,1-7H3,(H3,34,35)(H,38,39)/t20?,25-/m0/s1. The molecule has 1 unspecified atom stereocenters. The number of carbonyl (C=O) groups is 2. The summed E-state index contributed by atoms with van der Waals surface area (Å²) in [7, 11) is -4.28. The number of carboxylic acid groups (broad SMARTS) is 1. The summed E-state index contributed by atoms with van der Waals surface area (Å²) < 4.78 is 35.2. The lowest BCUT2D eigenvalue weighted by atomic mass is 9.83. The summed E-state index contributed by atoms with van der Waals surface area (Å²) in [6, 6.07) is 4.82. The number of nitrogens with one attached hydrogen (secondary N) is 2. The Labute approximate surface area is 260 Å². The smallest absolute Gasteiger partial charge is 0.410 e. The minimum Gasteiger partial charge on any atom is -0.480 e. The van der Waals surface area contributed by atoms with E-state index >= 15 is 0 Å². The molecule has 7 N–H and O–H groups in total. The molecule has 11 nitrogen and oxygen atoms in total. The van der Waals surface area contributed by atoms with Gasteiger partial charge in [0.15, 0.2) is 0 Å². The Kier molecular flexibility index (Phi) is 11.2. The zero-order valence-corrected chi connectivity index (χ0v) is 27.5. The number of ether oxygens (including phenoxy) is 1. The van der Waals surface area contributed by atoms with Gasteiger partial charge < -0.3 is 31.5 Å². The molecule has 1 aliphatic heterocycles. The maximum Gasteiger partial charge on any atom is 0.410 e. The number of sulfone groups is 1. The molecule has 44 heavy (non-hydrogen) atoms. The van der Waals surface area contributed by atoms with E-state index in [1.165, 1.54) is 12.1 Å². The van der Waals surface area contributed by atoms with E-state index in [-0.39, 0.29) is 56.5 Å². The molecule has 0 saturated carbocycles. The number of piperazine rings is 1. The van der Waals surface area contributed by atoms with Gasteiger partial charge in [-0.25, -0.2) is 13.2 Å². The predicted octanol–water partition coefficient (Wildman–Crippen LogP) is 4.23. The lowest BCUT2D eigenvalue weighted by Crippen LogP contribution is -2.46. The van der Waals surface area contributed by atoms with Crippen molar-refractivity contribution in [3.8, 4) is 0 Å². The molecule has 0 aromatic heterocycles. The van der Waals surface area contributed by atoms with Gasteiger partial charge in [-0.3, -0.25) is 10.2 Å². The summed E-state index contributed by atoms with van der Waals surface area (Å²) in [4.78, 5) is 26.2. The van der Waals surface area contributed by atoms with Crippen LogP contribution in [0.3, 0.4) is 0 Å². The summed E-state index contributed by atoms with van der Waals surface area (Å²) in [6.45, 7) is 15.9. The monoisotopic (exact) mass is 629 g/mol. The number of nitrogens with zero attached hydrogens (tertiary/aromatic N) is 1. The number of carbonyl (C=O) groups excluding carboxylic acids is 1. The number of rotatable bonds is 11. The second-order valence-corrected chi connectivity index (χ2v) is 14.2. The molecule has 242 valence electrons. The molecule has 1 saturated heterocycles. The zero-order valence-electron chi connectivity index (χ0n) is 26.7. The first-order valence-corrected chi connectivity index (χ1v) is 16.5. The number of benzene rings is 2. The average molecular weight is 630 g/mol. The number of carboxylic acids is 1. The van der Waals surface area contributed by atoms with Crippen LogP contribution >= 0.6 is 0 Å². The quantitative estimate of drug-likeness (QED) is 0.179. The largest absolute Gasteiger partial charge is 0.480 e. The van der Waals surface area contributed by atoms with E-state index in [1.54, 1.807) is 17.9 Å². The van der Waals surface area contributed by atoms with E-state index in [9.17, 15) is 23.1 Å².